The van der Waals surface area contributed by atoms with Crippen molar-refractivity contribution in [3.8, 4) is 22.5 Å². The van der Waals surface area contributed by atoms with Crippen LogP contribution in [-0.2, 0) is 0 Å². The van der Waals surface area contributed by atoms with E-state index >= 15 is 0 Å². The quantitative estimate of drug-likeness (QED) is 0.742. The summed E-state index contributed by atoms with van der Waals surface area (Å²) in [4.78, 5) is 13.6. The fourth-order valence-corrected chi connectivity index (χ4v) is 3.37. The van der Waals surface area contributed by atoms with Crippen molar-refractivity contribution in [1.82, 2.24) is 25.1 Å². The van der Waals surface area contributed by atoms with Crippen LogP contribution in [0.1, 0.15) is 5.56 Å². The van der Waals surface area contributed by atoms with Crippen molar-refractivity contribution in [2.24, 2.45) is 0 Å². The SMILES string of the molecule is CNc1nccc(-c2c(N3CCN(C)CC3)n[nH]c2-c2ccc(C)cc2)n1. The van der Waals surface area contributed by atoms with Gasteiger partial charge in [-0.25, -0.2) is 9.97 Å². The van der Waals surface area contributed by atoms with E-state index in [1.54, 1.807) is 6.20 Å². The fourth-order valence-electron chi connectivity index (χ4n) is 3.37. The van der Waals surface area contributed by atoms with Crippen LogP contribution in [-0.4, -0.2) is 65.3 Å². The van der Waals surface area contributed by atoms with Crippen LogP contribution in [0, 0.1) is 6.92 Å². The van der Waals surface area contributed by atoms with Crippen LogP contribution in [0.2, 0.25) is 0 Å². The highest BCUT2D eigenvalue weighted by atomic mass is 15.3. The van der Waals surface area contributed by atoms with Crippen molar-refractivity contribution in [3.63, 3.8) is 0 Å². The molecule has 1 saturated heterocycles. The number of likely N-dealkylation sites (N-methyl/N-ethyl adjacent to an activating group) is 1. The average molecular weight is 363 g/mol. The average Bonchev–Trinajstić information content (AvgIpc) is 3.14. The Labute approximate surface area is 159 Å². The van der Waals surface area contributed by atoms with Crippen LogP contribution >= 0.6 is 0 Å². The lowest BCUT2D eigenvalue weighted by Crippen LogP contribution is -2.44. The summed E-state index contributed by atoms with van der Waals surface area (Å²) in [6.07, 6.45) is 1.79. The molecular formula is C20H25N7. The molecule has 1 aromatic carbocycles. The molecule has 0 aliphatic carbocycles. The number of piperazine rings is 1. The van der Waals surface area contributed by atoms with Crippen LogP contribution < -0.4 is 10.2 Å². The van der Waals surface area contributed by atoms with Crippen molar-refractivity contribution in [1.29, 1.82) is 0 Å². The molecule has 4 rings (SSSR count). The first-order valence-electron chi connectivity index (χ1n) is 9.26. The van der Waals surface area contributed by atoms with Crippen molar-refractivity contribution < 1.29 is 0 Å². The normalized spacial score (nSPS) is 15.1. The number of anilines is 2. The first-order chi connectivity index (χ1) is 13.2. The van der Waals surface area contributed by atoms with Crippen molar-refractivity contribution in [2.45, 2.75) is 6.92 Å². The number of benzene rings is 1. The van der Waals surface area contributed by atoms with Gasteiger partial charge in [-0.2, -0.15) is 5.10 Å². The topological polar surface area (TPSA) is 73.0 Å². The van der Waals surface area contributed by atoms with E-state index in [-0.39, 0.29) is 0 Å². The summed E-state index contributed by atoms with van der Waals surface area (Å²) in [5, 5.41) is 11.0. The second-order valence-electron chi connectivity index (χ2n) is 6.97. The molecule has 0 spiro atoms. The van der Waals surface area contributed by atoms with E-state index in [1.165, 1.54) is 5.56 Å². The molecule has 3 heterocycles. The maximum Gasteiger partial charge on any atom is 0.222 e. The zero-order chi connectivity index (χ0) is 18.8. The molecule has 7 nitrogen and oxygen atoms in total. The molecule has 7 heteroatoms. The zero-order valence-corrected chi connectivity index (χ0v) is 16.0. The van der Waals surface area contributed by atoms with Gasteiger partial charge in [-0.1, -0.05) is 29.8 Å². The van der Waals surface area contributed by atoms with Crippen LogP contribution in [0.25, 0.3) is 22.5 Å². The maximum absolute atomic E-state index is 4.70. The number of nitrogens with one attached hydrogen (secondary N) is 2. The van der Waals surface area contributed by atoms with Gasteiger partial charge in [0.2, 0.25) is 5.95 Å². The van der Waals surface area contributed by atoms with Gasteiger partial charge in [0.1, 0.15) is 0 Å². The molecular weight excluding hydrogens is 338 g/mol. The van der Waals surface area contributed by atoms with E-state index in [2.05, 4.69) is 68.4 Å². The van der Waals surface area contributed by atoms with Gasteiger partial charge >= 0.3 is 0 Å². The molecule has 1 aliphatic heterocycles. The summed E-state index contributed by atoms with van der Waals surface area (Å²) in [5.74, 6) is 1.56. The number of rotatable bonds is 4. The third kappa shape index (κ3) is 3.50. The van der Waals surface area contributed by atoms with E-state index in [1.807, 2.05) is 13.1 Å². The third-order valence-corrected chi connectivity index (χ3v) is 5.03. The van der Waals surface area contributed by atoms with Crippen molar-refractivity contribution in [3.05, 3.63) is 42.1 Å². The molecule has 27 heavy (non-hydrogen) atoms. The van der Waals surface area contributed by atoms with Crippen LogP contribution in [0.5, 0.6) is 0 Å². The van der Waals surface area contributed by atoms with E-state index < -0.39 is 0 Å². The Morgan fingerprint density at radius 1 is 1.04 bits per heavy atom. The van der Waals surface area contributed by atoms with Gasteiger partial charge in [-0.15, -0.1) is 0 Å². The highest BCUT2D eigenvalue weighted by Crippen LogP contribution is 2.37. The number of aromatic amines is 1. The van der Waals surface area contributed by atoms with Gasteiger partial charge < -0.3 is 15.1 Å². The Kier molecular flexibility index (Phi) is 4.77. The summed E-state index contributed by atoms with van der Waals surface area (Å²) in [6, 6.07) is 10.4. The van der Waals surface area contributed by atoms with Crippen molar-refractivity contribution in [2.75, 3.05) is 50.5 Å². The second kappa shape index (κ2) is 7.36. The molecule has 0 saturated carbocycles. The Morgan fingerprint density at radius 2 is 1.78 bits per heavy atom. The first-order valence-corrected chi connectivity index (χ1v) is 9.26. The van der Waals surface area contributed by atoms with Gasteiger partial charge in [0, 0.05) is 45.0 Å². The fraction of sp³-hybridized carbons (Fsp3) is 0.350. The molecule has 0 amide bonds. The molecule has 3 aromatic rings. The lowest BCUT2D eigenvalue weighted by Gasteiger charge is -2.33. The maximum atomic E-state index is 4.70. The smallest absolute Gasteiger partial charge is 0.222 e. The minimum atomic E-state index is 0.605. The molecule has 0 atom stereocenters. The van der Waals surface area contributed by atoms with Gasteiger partial charge in [0.15, 0.2) is 5.82 Å². The molecule has 0 radical (unpaired) electrons. The number of aryl methyl sites for hydroxylation is 1. The zero-order valence-electron chi connectivity index (χ0n) is 16.0. The Bertz CT molecular complexity index is 908. The largest absolute Gasteiger partial charge is 0.357 e. The number of H-pyrrole nitrogens is 1. The Balaban J connectivity index is 1.83. The lowest BCUT2D eigenvalue weighted by molar-refractivity contribution is 0.312. The molecule has 0 bridgehead atoms. The number of nitrogens with zero attached hydrogens (tertiary/aromatic N) is 5. The summed E-state index contributed by atoms with van der Waals surface area (Å²) in [7, 11) is 3.99. The standard InChI is InChI=1S/C20H25N7/c1-14-4-6-15(7-5-14)18-17(16-8-9-22-20(21-2)23-16)19(25-24-18)27-12-10-26(3)11-13-27/h4-9H,10-13H2,1-3H3,(H,24,25)(H,21,22,23). The monoisotopic (exact) mass is 363 g/mol. The van der Waals surface area contributed by atoms with Crippen LogP contribution in [0.3, 0.4) is 0 Å². The Hall–Kier alpha value is -2.93. The summed E-state index contributed by atoms with van der Waals surface area (Å²) >= 11 is 0. The van der Waals surface area contributed by atoms with Gasteiger partial charge in [-0.3, -0.25) is 5.10 Å². The predicted molar refractivity (Wildman–Crippen MR) is 109 cm³/mol. The predicted octanol–water partition coefficient (Wildman–Crippen LogP) is 2.64. The van der Waals surface area contributed by atoms with Gasteiger partial charge in [-0.05, 0) is 20.0 Å². The highest BCUT2D eigenvalue weighted by molar-refractivity contribution is 5.87. The third-order valence-electron chi connectivity index (χ3n) is 5.03. The molecule has 1 fully saturated rings. The first kappa shape index (κ1) is 17.5. The molecule has 2 N–H and O–H groups in total. The van der Waals surface area contributed by atoms with Crippen LogP contribution in [0.4, 0.5) is 11.8 Å². The van der Waals surface area contributed by atoms with E-state index in [4.69, 9.17) is 5.10 Å². The number of aromatic nitrogens is 4. The minimum absolute atomic E-state index is 0.605. The van der Waals surface area contributed by atoms with Gasteiger partial charge in [0.05, 0.1) is 17.0 Å². The van der Waals surface area contributed by atoms with Crippen molar-refractivity contribution >= 4 is 11.8 Å². The number of hydrogen-bond donors (Lipinski definition) is 2. The highest BCUT2D eigenvalue weighted by Gasteiger charge is 2.24. The molecule has 140 valence electrons. The van der Waals surface area contributed by atoms with E-state index in [0.29, 0.717) is 5.95 Å². The molecule has 2 aromatic heterocycles. The Morgan fingerprint density at radius 3 is 2.48 bits per heavy atom. The van der Waals surface area contributed by atoms with E-state index in [0.717, 1.165) is 54.5 Å². The second-order valence-corrected chi connectivity index (χ2v) is 6.97. The minimum Gasteiger partial charge on any atom is -0.357 e. The summed E-state index contributed by atoms with van der Waals surface area (Å²) in [6.45, 7) is 6.05. The lowest BCUT2D eigenvalue weighted by atomic mass is 10.0. The summed E-state index contributed by atoms with van der Waals surface area (Å²) in [5.41, 5.74) is 5.23. The molecule has 1 aliphatic rings. The van der Waals surface area contributed by atoms with Crippen LogP contribution in [0.15, 0.2) is 36.5 Å². The molecule has 0 unspecified atom stereocenters. The number of hydrogen-bond acceptors (Lipinski definition) is 6. The summed E-state index contributed by atoms with van der Waals surface area (Å²) < 4.78 is 0. The van der Waals surface area contributed by atoms with E-state index in [9.17, 15) is 0 Å². The van der Waals surface area contributed by atoms with Gasteiger partial charge in [0.25, 0.3) is 0 Å².